The summed E-state index contributed by atoms with van der Waals surface area (Å²) in [5.74, 6) is 1.67. The van der Waals surface area contributed by atoms with E-state index in [1.54, 1.807) is 54.9 Å². The van der Waals surface area contributed by atoms with Gasteiger partial charge in [0.05, 0.1) is 19.4 Å². The lowest BCUT2D eigenvalue weighted by atomic mass is 9.99. The van der Waals surface area contributed by atoms with Crippen molar-refractivity contribution in [2.24, 2.45) is 0 Å². The van der Waals surface area contributed by atoms with Crippen LogP contribution in [0, 0.1) is 0 Å². The lowest BCUT2D eigenvalue weighted by molar-refractivity contribution is -0.277. The molecule has 1 aliphatic rings. The number of benzene rings is 1. The standard InChI is InChI=1S/C25H27ClN2O8/c26-16-5-1-6-17(12-16)34-24-18(7-2-9-28-24)33-11-3-4-15-8-10-27-13-19(15)35-25-23(32)22(31)21(30)20(14-29)36-25/h1-2,5-10,12-13,20-23,25,29-32H,3-4,11,14H2/t20-,21-,22+,23-,25-/m0/s1. The molecule has 4 N–H and O–H groups in total. The van der Waals surface area contributed by atoms with Crippen LogP contribution in [0.1, 0.15) is 12.0 Å². The van der Waals surface area contributed by atoms with E-state index in [1.165, 1.54) is 6.20 Å². The van der Waals surface area contributed by atoms with E-state index in [2.05, 4.69) is 9.97 Å². The van der Waals surface area contributed by atoms with Crippen molar-refractivity contribution in [1.29, 1.82) is 0 Å². The molecule has 3 heterocycles. The largest absolute Gasteiger partial charge is 0.488 e. The molecule has 0 unspecified atom stereocenters. The Morgan fingerprint density at radius 2 is 1.83 bits per heavy atom. The van der Waals surface area contributed by atoms with E-state index in [0.717, 1.165) is 5.56 Å². The summed E-state index contributed by atoms with van der Waals surface area (Å²) in [5.41, 5.74) is 0.771. The zero-order valence-electron chi connectivity index (χ0n) is 19.2. The fraction of sp³-hybridized carbons (Fsp3) is 0.360. The number of rotatable bonds is 10. The molecule has 1 aromatic carbocycles. The Morgan fingerprint density at radius 3 is 2.64 bits per heavy atom. The summed E-state index contributed by atoms with van der Waals surface area (Å²) >= 11 is 6.02. The van der Waals surface area contributed by atoms with Crippen LogP contribution in [0.25, 0.3) is 0 Å². The van der Waals surface area contributed by atoms with E-state index in [-0.39, 0.29) is 0 Å². The number of aliphatic hydroxyl groups is 4. The Hall–Kier alpha value is -2.99. The molecular formula is C25H27ClN2O8. The highest BCUT2D eigenvalue weighted by molar-refractivity contribution is 6.30. The van der Waals surface area contributed by atoms with E-state index in [4.69, 9.17) is 30.5 Å². The third-order valence-electron chi connectivity index (χ3n) is 5.56. The SMILES string of the molecule is OC[C@@H]1O[C@H](Oc2cnccc2CCCOc2cccnc2Oc2cccc(Cl)c2)[C@@H](O)[C@H](O)[C@H]1O. The van der Waals surface area contributed by atoms with Gasteiger partial charge in [-0.15, -0.1) is 0 Å². The van der Waals surface area contributed by atoms with Gasteiger partial charge in [-0.2, -0.15) is 0 Å². The first-order chi connectivity index (χ1) is 17.5. The molecule has 1 saturated heterocycles. The van der Waals surface area contributed by atoms with Crippen molar-refractivity contribution in [2.75, 3.05) is 13.2 Å². The second-order valence-electron chi connectivity index (χ2n) is 8.12. The summed E-state index contributed by atoms with van der Waals surface area (Å²) < 4.78 is 22.9. The van der Waals surface area contributed by atoms with Gasteiger partial charge in [0.15, 0.2) is 5.75 Å². The fourth-order valence-corrected chi connectivity index (χ4v) is 3.84. The Labute approximate surface area is 212 Å². The first-order valence-electron chi connectivity index (χ1n) is 11.4. The quantitative estimate of drug-likeness (QED) is 0.294. The second kappa shape index (κ2) is 12.3. The highest BCUT2D eigenvalue weighted by Crippen LogP contribution is 2.31. The Bertz CT molecular complexity index is 1130. The summed E-state index contributed by atoms with van der Waals surface area (Å²) in [6.07, 6.45) is -1.04. The molecule has 3 aromatic rings. The third kappa shape index (κ3) is 6.41. The van der Waals surface area contributed by atoms with Crippen molar-refractivity contribution in [3.05, 3.63) is 71.6 Å². The van der Waals surface area contributed by atoms with Gasteiger partial charge >= 0.3 is 0 Å². The van der Waals surface area contributed by atoms with Crippen LogP contribution in [0.2, 0.25) is 5.02 Å². The molecule has 36 heavy (non-hydrogen) atoms. The minimum absolute atomic E-state index is 0.315. The van der Waals surface area contributed by atoms with Crippen LogP contribution < -0.4 is 14.2 Å². The van der Waals surface area contributed by atoms with Crippen molar-refractivity contribution in [3.63, 3.8) is 0 Å². The second-order valence-corrected chi connectivity index (χ2v) is 8.55. The van der Waals surface area contributed by atoms with Gasteiger partial charge in [0, 0.05) is 17.4 Å². The van der Waals surface area contributed by atoms with Crippen LogP contribution in [0.15, 0.2) is 61.1 Å². The Kier molecular flexibility index (Phi) is 8.92. The number of halogens is 1. The lowest BCUT2D eigenvalue weighted by Crippen LogP contribution is -2.60. The summed E-state index contributed by atoms with van der Waals surface area (Å²) in [4.78, 5) is 8.29. The molecule has 2 aromatic heterocycles. The average molecular weight is 519 g/mol. The molecule has 1 aliphatic heterocycles. The van der Waals surface area contributed by atoms with E-state index in [9.17, 15) is 20.4 Å². The minimum atomic E-state index is -1.53. The molecule has 0 bridgehead atoms. The van der Waals surface area contributed by atoms with Crippen molar-refractivity contribution in [1.82, 2.24) is 9.97 Å². The molecular weight excluding hydrogens is 492 g/mol. The first-order valence-corrected chi connectivity index (χ1v) is 11.8. The number of hydrogen-bond donors (Lipinski definition) is 4. The minimum Gasteiger partial charge on any atom is -0.488 e. The van der Waals surface area contributed by atoms with Gasteiger partial charge in [-0.1, -0.05) is 17.7 Å². The van der Waals surface area contributed by atoms with E-state index < -0.39 is 37.3 Å². The van der Waals surface area contributed by atoms with Crippen molar-refractivity contribution < 1.29 is 39.4 Å². The maximum absolute atomic E-state index is 10.3. The van der Waals surface area contributed by atoms with Crippen LogP contribution in [-0.2, 0) is 11.2 Å². The average Bonchev–Trinajstić information content (AvgIpc) is 2.88. The molecule has 192 valence electrons. The number of nitrogens with zero attached hydrogens (tertiary/aromatic N) is 2. The normalized spacial score (nSPS) is 23.8. The summed E-state index contributed by atoms with van der Waals surface area (Å²) in [6.45, 7) is -0.196. The zero-order chi connectivity index (χ0) is 25.5. The Morgan fingerprint density at radius 1 is 0.972 bits per heavy atom. The van der Waals surface area contributed by atoms with Gasteiger partial charge in [-0.05, 0) is 54.8 Å². The molecule has 1 fully saturated rings. The van der Waals surface area contributed by atoms with Crippen LogP contribution in [0.3, 0.4) is 0 Å². The van der Waals surface area contributed by atoms with Crippen molar-refractivity contribution in [2.45, 2.75) is 43.5 Å². The van der Waals surface area contributed by atoms with Crippen LogP contribution in [0.4, 0.5) is 0 Å². The van der Waals surface area contributed by atoms with Gasteiger partial charge in [-0.25, -0.2) is 4.98 Å². The number of aliphatic hydroxyl groups excluding tert-OH is 4. The number of hydrogen-bond acceptors (Lipinski definition) is 10. The van der Waals surface area contributed by atoms with Crippen LogP contribution in [0.5, 0.6) is 23.1 Å². The molecule has 4 rings (SSSR count). The number of aromatic nitrogens is 2. The van der Waals surface area contributed by atoms with Crippen LogP contribution in [-0.4, -0.2) is 74.3 Å². The monoisotopic (exact) mass is 518 g/mol. The molecule has 0 spiro atoms. The van der Waals surface area contributed by atoms with Crippen molar-refractivity contribution in [3.8, 4) is 23.1 Å². The van der Waals surface area contributed by atoms with Gasteiger partial charge in [0.1, 0.15) is 35.9 Å². The maximum atomic E-state index is 10.3. The molecule has 0 amide bonds. The van der Waals surface area contributed by atoms with E-state index >= 15 is 0 Å². The molecule has 11 heteroatoms. The Balaban J connectivity index is 1.35. The summed E-state index contributed by atoms with van der Waals surface area (Å²) in [5, 5.41) is 40.1. The highest BCUT2D eigenvalue weighted by atomic mass is 35.5. The van der Waals surface area contributed by atoms with Gasteiger partial charge in [0.25, 0.3) is 5.88 Å². The number of aryl methyl sites for hydroxylation is 1. The van der Waals surface area contributed by atoms with Gasteiger partial charge in [-0.3, -0.25) is 4.98 Å². The molecule has 0 aliphatic carbocycles. The molecule has 5 atom stereocenters. The van der Waals surface area contributed by atoms with Crippen molar-refractivity contribution >= 4 is 11.6 Å². The van der Waals surface area contributed by atoms with E-state index in [0.29, 0.717) is 47.6 Å². The lowest BCUT2D eigenvalue weighted by Gasteiger charge is -2.39. The third-order valence-corrected chi connectivity index (χ3v) is 5.79. The fourth-order valence-electron chi connectivity index (χ4n) is 3.66. The predicted octanol–water partition coefficient (Wildman–Crippen LogP) is 2.11. The smallest absolute Gasteiger partial charge is 0.262 e. The number of ether oxygens (including phenoxy) is 4. The maximum Gasteiger partial charge on any atom is 0.262 e. The van der Waals surface area contributed by atoms with Crippen LogP contribution >= 0.6 is 11.6 Å². The van der Waals surface area contributed by atoms with E-state index in [1.807, 2.05) is 0 Å². The molecule has 10 nitrogen and oxygen atoms in total. The molecule has 0 saturated carbocycles. The van der Waals surface area contributed by atoms with Gasteiger partial charge < -0.3 is 39.4 Å². The first kappa shape index (κ1) is 26.1. The predicted molar refractivity (Wildman–Crippen MR) is 128 cm³/mol. The topological polar surface area (TPSA) is 144 Å². The zero-order valence-corrected chi connectivity index (χ0v) is 19.9. The highest BCUT2D eigenvalue weighted by Gasteiger charge is 2.44. The summed E-state index contributed by atoms with van der Waals surface area (Å²) in [6, 6.07) is 12.2. The van der Waals surface area contributed by atoms with Gasteiger partial charge in [0.2, 0.25) is 6.29 Å². The number of pyridine rings is 2. The molecule has 0 radical (unpaired) electrons. The summed E-state index contributed by atoms with van der Waals surface area (Å²) in [7, 11) is 0.